The van der Waals surface area contributed by atoms with E-state index >= 15 is 4.39 Å². The lowest BCUT2D eigenvalue weighted by Gasteiger charge is -2.11. The second-order valence-electron chi connectivity index (χ2n) is 8.23. The molecule has 0 radical (unpaired) electrons. The molecule has 0 heterocycles. The van der Waals surface area contributed by atoms with E-state index in [1.54, 1.807) is 43.5 Å². The van der Waals surface area contributed by atoms with Gasteiger partial charge in [-0.25, -0.2) is 8.78 Å². The molecule has 0 spiro atoms. The predicted octanol–water partition coefficient (Wildman–Crippen LogP) is 7.78. The normalized spacial score (nSPS) is 11.8. The number of rotatable bonds is 7. The molecule has 0 unspecified atom stereocenters. The molecule has 0 aliphatic heterocycles. The summed E-state index contributed by atoms with van der Waals surface area (Å²) in [5.41, 5.74) is 2.41. The van der Waals surface area contributed by atoms with Gasteiger partial charge >= 0.3 is 6.18 Å². The lowest BCUT2D eigenvalue weighted by molar-refractivity contribution is -0.137. The average molecular weight is 470 g/mol. The number of halogens is 5. The maximum absolute atomic E-state index is 15.1. The van der Waals surface area contributed by atoms with Crippen molar-refractivity contribution in [2.45, 2.75) is 25.4 Å². The summed E-state index contributed by atoms with van der Waals surface area (Å²) in [7, 11) is 1.60. The van der Waals surface area contributed by atoms with Gasteiger partial charge in [-0.15, -0.1) is 0 Å². The first kappa shape index (κ1) is 23.9. The maximum atomic E-state index is 15.1. The fourth-order valence-corrected chi connectivity index (χ4v) is 4.01. The lowest BCUT2D eigenvalue weighted by Crippen LogP contribution is -2.04. The van der Waals surface area contributed by atoms with Crippen molar-refractivity contribution < 1.29 is 26.7 Å². The summed E-state index contributed by atoms with van der Waals surface area (Å²) in [6, 6.07) is 18.5. The molecule has 0 saturated carbocycles. The third kappa shape index (κ3) is 5.28. The number of hydrogen-bond acceptors (Lipinski definition) is 1. The predicted molar refractivity (Wildman–Crippen MR) is 124 cm³/mol. The van der Waals surface area contributed by atoms with Crippen LogP contribution >= 0.6 is 0 Å². The number of aryl methyl sites for hydroxylation is 2. The zero-order valence-electron chi connectivity index (χ0n) is 18.6. The molecule has 176 valence electrons. The maximum Gasteiger partial charge on any atom is 0.416 e. The van der Waals surface area contributed by atoms with Crippen LogP contribution in [0, 0.1) is 11.6 Å². The van der Waals surface area contributed by atoms with Crippen molar-refractivity contribution in [2.24, 2.45) is 0 Å². The summed E-state index contributed by atoms with van der Waals surface area (Å²) in [6.45, 7) is 0.509. The number of fused-ring (bicyclic) bond motifs is 1. The van der Waals surface area contributed by atoms with E-state index < -0.39 is 11.7 Å². The van der Waals surface area contributed by atoms with E-state index in [0.717, 1.165) is 17.7 Å². The molecule has 0 aliphatic rings. The molecule has 4 aromatic rings. The highest BCUT2D eigenvalue weighted by atomic mass is 19.4. The molecule has 4 rings (SSSR count). The first-order valence-electron chi connectivity index (χ1n) is 10.9. The van der Waals surface area contributed by atoms with Crippen LogP contribution in [0.5, 0.6) is 0 Å². The molecule has 34 heavy (non-hydrogen) atoms. The molecule has 0 bridgehead atoms. The molecule has 0 atom stereocenters. The number of methoxy groups -OCH3 is 1. The van der Waals surface area contributed by atoms with Gasteiger partial charge in [-0.2, -0.15) is 13.2 Å². The Balaban J connectivity index is 1.53. The van der Waals surface area contributed by atoms with Gasteiger partial charge in [0.1, 0.15) is 11.6 Å². The van der Waals surface area contributed by atoms with Crippen molar-refractivity contribution in [3.63, 3.8) is 0 Å². The van der Waals surface area contributed by atoms with Gasteiger partial charge in [-0.1, -0.05) is 48.5 Å². The minimum Gasteiger partial charge on any atom is -0.384 e. The van der Waals surface area contributed by atoms with Gasteiger partial charge in [0.2, 0.25) is 0 Å². The highest BCUT2D eigenvalue weighted by Crippen LogP contribution is 2.31. The summed E-state index contributed by atoms with van der Waals surface area (Å²) < 4.78 is 73.0. The van der Waals surface area contributed by atoms with E-state index in [4.69, 9.17) is 4.74 Å². The Labute approximate surface area is 194 Å². The van der Waals surface area contributed by atoms with Crippen molar-refractivity contribution in [1.29, 1.82) is 0 Å². The van der Waals surface area contributed by atoms with Gasteiger partial charge in [-0.3, -0.25) is 0 Å². The fraction of sp³-hybridized carbons (Fsp3) is 0.214. The van der Waals surface area contributed by atoms with Crippen molar-refractivity contribution in [3.8, 4) is 11.1 Å². The third-order valence-electron chi connectivity index (χ3n) is 5.94. The van der Waals surface area contributed by atoms with Crippen molar-refractivity contribution in [3.05, 3.63) is 107 Å². The molecule has 0 N–H and O–H groups in total. The van der Waals surface area contributed by atoms with Crippen LogP contribution in [0.1, 0.15) is 22.3 Å². The fourth-order valence-electron chi connectivity index (χ4n) is 4.01. The number of benzene rings is 4. The molecule has 0 saturated heterocycles. The van der Waals surface area contributed by atoms with E-state index in [1.807, 2.05) is 6.07 Å². The smallest absolute Gasteiger partial charge is 0.384 e. The van der Waals surface area contributed by atoms with E-state index in [-0.39, 0.29) is 11.6 Å². The Bertz CT molecular complexity index is 1290. The van der Waals surface area contributed by atoms with E-state index in [0.29, 0.717) is 58.9 Å². The zero-order chi connectivity index (χ0) is 24.3. The van der Waals surface area contributed by atoms with Gasteiger partial charge < -0.3 is 4.74 Å². The van der Waals surface area contributed by atoms with Crippen LogP contribution in [0.3, 0.4) is 0 Å². The highest BCUT2D eigenvalue weighted by molar-refractivity contribution is 5.88. The van der Waals surface area contributed by atoms with Crippen LogP contribution in [0.4, 0.5) is 22.0 Å². The van der Waals surface area contributed by atoms with Crippen LogP contribution in [-0.2, 0) is 30.2 Å². The monoisotopic (exact) mass is 470 g/mol. The second-order valence-corrected chi connectivity index (χ2v) is 8.23. The quantitative estimate of drug-likeness (QED) is 0.251. The Hall–Kier alpha value is -3.25. The van der Waals surface area contributed by atoms with Crippen LogP contribution in [0.25, 0.3) is 21.9 Å². The standard InChI is InChI=1S/C28H23F5O/c1-34-15-14-19-5-12-24(26(29)16-19)21-9-13-25-22(17-21)8-7-20(27(25)30)6-2-18-3-10-23(11-4-18)28(31,32)33/h3-5,7-13,16-17H,2,6,14-15H2,1H3. The van der Waals surface area contributed by atoms with Crippen molar-refractivity contribution >= 4 is 10.8 Å². The summed E-state index contributed by atoms with van der Waals surface area (Å²) in [4.78, 5) is 0. The van der Waals surface area contributed by atoms with Gasteiger partial charge in [0.05, 0.1) is 12.2 Å². The molecule has 0 fully saturated rings. The lowest BCUT2D eigenvalue weighted by atomic mass is 9.96. The largest absolute Gasteiger partial charge is 0.416 e. The topological polar surface area (TPSA) is 9.23 Å². The van der Waals surface area contributed by atoms with Crippen molar-refractivity contribution in [1.82, 2.24) is 0 Å². The first-order chi connectivity index (χ1) is 16.3. The molecular weight excluding hydrogens is 447 g/mol. The number of alkyl halides is 3. The Kier molecular flexibility index (Phi) is 6.98. The minimum absolute atomic E-state index is 0.346. The van der Waals surface area contributed by atoms with E-state index in [1.165, 1.54) is 18.2 Å². The van der Waals surface area contributed by atoms with Crippen LogP contribution in [0.2, 0.25) is 0 Å². The van der Waals surface area contributed by atoms with Crippen LogP contribution < -0.4 is 0 Å². The molecule has 1 nitrogen and oxygen atoms in total. The van der Waals surface area contributed by atoms with Crippen LogP contribution in [0.15, 0.2) is 72.8 Å². The number of ether oxygens (including phenoxy) is 1. The van der Waals surface area contributed by atoms with Gasteiger partial charge in [-0.05, 0) is 71.2 Å². The summed E-state index contributed by atoms with van der Waals surface area (Å²) in [5, 5.41) is 1.07. The molecule has 0 aliphatic carbocycles. The average Bonchev–Trinajstić information content (AvgIpc) is 2.82. The Morgan fingerprint density at radius 3 is 2.15 bits per heavy atom. The van der Waals surface area contributed by atoms with Crippen LogP contribution in [-0.4, -0.2) is 13.7 Å². The van der Waals surface area contributed by atoms with Gasteiger partial charge in [0.25, 0.3) is 0 Å². The summed E-state index contributed by atoms with van der Waals surface area (Å²) in [6.07, 6.45) is -2.99. The highest BCUT2D eigenvalue weighted by Gasteiger charge is 2.29. The van der Waals surface area contributed by atoms with Gasteiger partial charge in [0, 0.05) is 18.1 Å². The Morgan fingerprint density at radius 1 is 0.735 bits per heavy atom. The number of hydrogen-bond donors (Lipinski definition) is 0. The Morgan fingerprint density at radius 2 is 1.47 bits per heavy atom. The molecule has 4 aromatic carbocycles. The molecule has 0 aromatic heterocycles. The second kappa shape index (κ2) is 9.94. The van der Waals surface area contributed by atoms with Crippen molar-refractivity contribution in [2.75, 3.05) is 13.7 Å². The first-order valence-corrected chi connectivity index (χ1v) is 10.9. The summed E-state index contributed by atoms with van der Waals surface area (Å²) in [5.74, 6) is -0.715. The summed E-state index contributed by atoms with van der Waals surface area (Å²) >= 11 is 0. The molecule has 0 amide bonds. The SMILES string of the molecule is COCCc1ccc(-c2ccc3c(F)c(CCc4ccc(C(F)(F)F)cc4)ccc3c2)c(F)c1. The molecular formula is C28H23F5O. The van der Waals surface area contributed by atoms with Gasteiger partial charge in [0.15, 0.2) is 0 Å². The third-order valence-corrected chi connectivity index (χ3v) is 5.94. The van der Waals surface area contributed by atoms with E-state index in [9.17, 15) is 17.6 Å². The molecule has 6 heteroatoms. The minimum atomic E-state index is -4.38. The van der Waals surface area contributed by atoms with E-state index in [2.05, 4.69) is 0 Å². The zero-order valence-corrected chi connectivity index (χ0v) is 18.6.